The van der Waals surface area contributed by atoms with Crippen molar-refractivity contribution in [3.8, 4) is 0 Å². The molecule has 7 heteroatoms. The summed E-state index contributed by atoms with van der Waals surface area (Å²) in [6.07, 6.45) is 2.41. The molecule has 2 aromatic rings. The van der Waals surface area contributed by atoms with Crippen LogP contribution in [0.15, 0.2) is 12.1 Å². The summed E-state index contributed by atoms with van der Waals surface area (Å²) in [5, 5.41) is 2.92. The van der Waals surface area contributed by atoms with E-state index < -0.39 is 5.82 Å². The Hall–Kier alpha value is -1.82. The number of nitrogen functional groups attached to an aromatic ring is 1. The van der Waals surface area contributed by atoms with Crippen molar-refractivity contribution in [2.75, 3.05) is 5.73 Å². The lowest BCUT2D eigenvalue weighted by Gasteiger charge is -2.07. The molecular formula is C13H14ClFN4O. The highest BCUT2D eigenvalue weighted by Gasteiger charge is 2.23. The molecule has 0 saturated heterocycles. The zero-order valence-electron chi connectivity index (χ0n) is 10.7. The zero-order valence-corrected chi connectivity index (χ0v) is 11.5. The van der Waals surface area contributed by atoms with E-state index in [2.05, 4.69) is 10.3 Å². The number of hydrogen-bond donors (Lipinski definition) is 2. The third-order valence-corrected chi connectivity index (χ3v) is 3.61. The van der Waals surface area contributed by atoms with Gasteiger partial charge in [0.25, 0.3) is 0 Å². The van der Waals surface area contributed by atoms with Crippen molar-refractivity contribution in [1.82, 2.24) is 14.9 Å². The third kappa shape index (κ3) is 2.56. The average molecular weight is 297 g/mol. The predicted molar refractivity (Wildman–Crippen MR) is 74.9 cm³/mol. The number of anilines is 1. The van der Waals surface area contributed by atoms with Crippen LogP contribution in [0.3, 0.4) is 0 Å². The molecule has 3 rings (SSSR count). The van der Waals surface area contributed by atoms with E-state index in [9.17, 15) is 9.18 Å². The highest BCUT2D eigenvalue weighted by Crippen LogP contribution is 2.25. The molecule has 0 unspecified atom stereocenters. The molecule has 1 aliphatic rings. The van der Waals surface area contributed by atoms with Gasteiger partial charge in [-0.3, -0.25) is 4.79 Å². The van der Waals surface area contributed by atoms with Crippen molar-refractivity contribution >= 4 is 34.5 Å². The normalized spacial score (nSPS) is 14.7. The van der Waals surface area contributed by atoms with Gasteiger partial charge in [0.05, 0.1) is 16.1 Å². The van der Waals surface area contributed by atoms with Gasteiger partial charge in [-0.15, -0.1) is 0 Å². The van der Waals surface area contributed by atoms with E-state index in [0.29, 0.717) is 30.0 Å². The van der Waals surface area contributed by atoms with Gasteiger partial charge in [-0.2, -0.15) is 0 Å². The molecule has 1 aliphatic carbocycles. The summed E-state index contributed by atoms with van der Waals surface area (Å²) in [6.45, 7) is 0.392. The molecule has 5 nitrogen and oxygen atoms in total. The quantitative estimate of drug-likeness (QED) is 0.907. The molecule has 1 heterocycles. The number of imidazole rings is 1. The van der Waals surface area contributed by atoms with Crippen molar-refractivity contribution < 1.29 is 9.18 Å². The molecule has 1 saturated carbocycles. The Morgan fingerprint density at radius 3 is 3.00 bits per heavy atom. The standard InChI is InChI=1S/C13H14ClFN4O/c14-8-5-11-10(6-9(8)15)18-13(16)19(11)4-3-12(20)17-7-1-2-7/h5-7H,1-4H2,(H2,16,18)(H,17,20). The first-order chi connectivity index (χ1) is 9.54. The minimum atomic E-state index is -0.532. The number of benzene rings is 1. The van der Waals surface area contributed by atoms with E-state index in [4.69, 9.17) is 17.3 Å². The van der Waals surface area contributed by atoms with E-state index in [1.807, 2.05) is 0 Å². The first kappa shape index (κ1) is 13.2. The van der Waals surface area contributed by atoms with Crippen molar-refractivity contribution in [3.63, 3.8) is 0 Å². The van der Waals surface area contributed by atoms with Gasteiger partial charge in [-0.05, 0) is 18.9 Å². The fourth-order valence-corrected chi connectivity index (χ4v) is 2.27. The highest BCUT2D eigenvalue weighted by atomic mass is 35.5. The van der Waals surface area contributed by atoms with Crippen LogP contribution in [-0.2, 0) is 11.3 Å². The molecule has 1 amide bonds. The number of aryl methyl sites for hydroxylation is 1. The Morgan fingerprint density at radius 1 is 1.55 bits per heavy atom. The summed E-state index contributed by atoms with van der Waals surface area (Å²) >= 11 is 5.77. The van der Waals surface area contributed by atoms with E-state index in [0.717, 1.165) is 12.8 Å². The fraction of sp³-hybridized carbons (Fsp3) is 0.385. The van der Waals surface area contributed by atoms with Gasteiger partial charge >= 0.3 is 0 Å². The van der Waals surface area contributed by atoms with Crippen molar-refractivity contribution in [2.45, 2.75) is 31.8 Å². The monoisotopic (exact) mass is 296 g/mol. The summed E-state index contributed by atoms with van der Waals surface area (Å²) in [5.74, 6) is -0.293. The van der Waals surface area contributed by atoms with Crippen LogP contribution in [-0.4, -0.2) is 21.5 Å². The maximum Gasteiger partial charge on any atom is 0.222 e. The third-order valence-electron chi connectivity index (χ3n) is 3.32. The predicted octanol–water partition coefficient (Wildman–Crippen LogP) is 2.08. The van der Waals surface area contributed by atoms with E-state index in [-0.39, 0.29) is 16.9 Å². The van der Waals surface area contributed by atoms with Crippen LogP contribution in [0.4, 0.5) is 10.3 Å². The summed E-state index contributed by atoms with van der Waals surface area (Å²) < 4.78 is 15.0. The number of nitrogens with two attached hydrogens (primary N) is 1. The molecule has 0 radical (unpaired) electrons. The van der Waals surface area contributed by atoms with Crippen LogP contribution in [0.1, 0.15) is 19.3 Å². The van der Waals surface area contributed by atoms with E-state index in [1.165, 1.54) is 12.1 Å². The number of nitrogens with one attached hydrogen (secondary N) is 1. The number of halogens is 2. The molecule has 1 fully saturated rings. The van der Waals surface area contributed by atoms with E-state index >= 15 is 0 Å². The number of carbonyl (C=O) groups excluding carboxylic acids is 1. The molecule has 0 atom stereocenters. The molecule has 0 aliphatic heterocycles. The van der Waals surface area contributed by atoms with Crippen LogP contribution in [0, 0.1) is 5.82 Å². The molecule has 3 N–H and O–H groups in total. The number of carbonyl (C=O) groups is 1. The Kier molecular flexibility index (Phi) is 3.25. The molecule has 20 heavy (non-hydrogen) atoms. The molecule has 1 aromatic carbocycles. The van der Waals surface area contributed by atoms with E-state index in [1.54, 1.807) is 4.57 Å². The lowest BCUT2D eigenvalue weighted by Crippen LogP contribution is -2.26. The first-order valence-corrected chi connectivity index (χ1v) is 6.82. The lowest BCUT2D eigenvalue weighted by molar-refractivity contribution is -0.121. The van der Waals surface area contributed by atoms with Crippen LogP contribution in [0.25, 0.3) is 11.0 Å². The van der Waals surface area contributed by atoms with Crippen LogP contribution in [0.2, 0.25) is 5.02 Å². The number of fused-ring (bicyclic) bond motifs is 1. The summed E-state index contributed by atoms with van der Waals surface area (Å²) in [6, 6.07) is 3.06. The second kappa shape index (κ2) is 4.94. The van der Waals surface area contributed by atoms with Gasteiger partial charge < -0.3 is 15.6 Å². The fourth-order valence-electron chi connectivity index (χ4n) is 2.11. The molecule has 106 valence electrons. The molecular weight excluding hydrogens is 283 g/mol. The average Bonchev–Trinajstić information content (AvgIpc) is 3.13. The van der Waals surface area contributed by atoms with Gasteiger partial charge in [0.1, 0.15) is 5.82 Å². The largest absolute Gasteiger partial charge is 0.369 e. The highest BCUT2D eigenvalue weighted by molar-refractivity contribution is 6.31. The number of hydrogen-bond acceptors (Lipinski definition) is 3. The number of amides is 1. The number of rotatable bonds is 4. The van der Waals surface area contributed by atoms with Gasteiger partial charge in [-0.1, -0.05) is 11.6 Å². The minimum Gasteiger partial charge on any atom is -0.369 e. The van der Waals surface area contributed by atoms with Crippen molar-refractivity contribution in [3.05, 3.63) is 23.0 Å². The Labute approximate surface area is 119 Å². The number of aromatic nitrogens is 2. The van der Waals surface area contributed by atoms with Gasteiger partial charge in [0.2, 0.25) is 11.9 Å². The van der Waals surface area contributed by atoms with Crippen LogP contribution in [0.5, 0.6) is 0 Å². The topological polar surface area (TPSA) is 72.9 Å². The zero-order chi connectivity index (χ0) is 14.3. The second-order valence-electron chi connectivity index (χ2n) is 4.97. The van der Waals surface area contributed by atoms with Crippen LogP contribution < -0.4 is 11.1 Å². The SMILES string of the molecule is Nc1nc2cc(F)c(Cl)cc2n1CCC(=O)NC1CC1. The Morgan fingerprint density at radius 2 is 2.30 bits per heavy atom. The number of nitrogens with zero attached hydrogens (tertiary/aromatic N) is 2. The maximum atomic E-state index is 13.4. The molecule has 0 spiro atoms. The van der Waals surface area contributed by atoms with Crippen LogP contribution >= 0.6 is 11.6 Å². The summed E-state index contributed by atoms with van der Waals surface area (Å²) in [7, 11) is 0. The summed E-state index contributed by atoms with van der Waals surface area (Å²) in [4.78, 5) is 15.8. The van der Waals surface area contributed by atoms with Gasteiger partial charge in [0, 0.05) is 25.1 Å². The minimum absolute atomic E-state index is 0.0121. The lowest BCUT2D eigenvalue weighted by atomic mass is 10.3. The maximum absolute atomic E-state index is 13.4. The summed E-state index contributed by atoms with van der Waals surface area (Å²) in [5.41, 5.74) is 6.88. The van der Waals surface area contributed by atoms with Gasteiger partial charge in [-0.25, -0.2) is 9.37 Å². The molecule has 0 bridgehead atoms. The second-order valence-corrected chi connectivity index (χ2v) is 5.38. The Balaban J connectivity index is 1.81. The van der Waals surface area contributed by atoms with Gasteiger partial charge in [0.15, 0.2) is 0 Å². The smallest absolute Gasteiger partial charge is 0.222 e. The molecule has 1 aromatic heterocycles. The van der Waals surface area contributed by atoms with Crippen molar-refractivity contribution in [1.29, 1.82) is 0 Å². The Bertz CT molecular complexity index is 681. The first-order valence-electron chi connectivity index (χ1n) is 6.44. The van der Waals surface area contributed by atoms with Crippen molar-refractivity contribution in [2.24, 2.45) is 0 Å².